The zero-order valence-electron chi connectivity index (χ0n) is 15.4. The Morgan fingerprint density at radius 3 is 2.52 bits per heavy atom. The van der Waals surface area contributed by atoms with E-state index in [2.05, 4.69) is 11.8 Å². The molecule has 2 aromatic rings. The first-order valence-corrected chi connectivity index (χ1v) is 9.46. The van der Waals surface area contributed by atoms with E-state index >= 15 is 0 Å². The van der Waals surface area contributed by atoms with Gasteiger partial charge in [0.1, 0.15) is 5.72 Å². The summed E-state index contributed by atoms with van der Waals surface area (Å²) < 4.78 is 5.99. The molecule has 1 atom stereocenters. The molecule has 2 aromatic carbocycles. The summed E-state index contributed by atoms with van der Waals surface area (Å²) in [5, 5.41) is 11.7. The van der Waals surface area contributed by atoms with Gasteiger partial charge in [0.25, 0.3) is 5.91 Å². The van der Waals surface area contributed by atoms with Crippen LogP contribution < -0.4 is 0 Å². The maximum absolute atomic E-state index is 13.4. The van der Waals surface area contributed by atoms with Crippen LogP contribution in [0.1, 0.15) is 30.1 Å². The molecule has 0 aromatic heterocycles. The van der Waals surface area contributed by atoms with Crippen molar-refractivity contribution in [1.82, 2.24) is 9.80 Å². The molecule has 0 bridgehead atoms. The lowest BCUT2D eigenvalue weighted by atomic mass is 9.96. The van der Waals surface area contributed by atoms with Gasteiger partial charge in [-0.05, 0) is 29.4 Å². The SMILES string of the molecule is CCN1CCC2(CC1)OC[C@H](C(=O)O)N2C(=O)c1ccc2ccccc2c1. The fourth-order valence-electron chi connectivity index (χ4n) is 4.24. The summed E-state index contributed by atoms with van der Waals surface area (Å²) in [5.41, 5.74) is -0.319. The predicted molar refractivity (Wildman–Crippen MR) is 102 cm³/mol. The van der Waals surface area contributed by atoms with E-state index in [4.69, 9.17) is 4.74 Å². The zero-order valence-corrected chi connectivity index (χ0v) is 15.4. The van der Waals surface area contributed by atoms with Crippen molar-refractivity contribution in [1.29, 1.82) is 0 Å². The fourth-order valence-corrected chi connectivity index (χ4v) is 4.24. The molecule has 1 amide bonds. The topological polar surface area (TPSA) is 70.1 Å². The molecule has 2 fully saturated rings. The molecule has 4 rings (SSSR count). The Bertz CT molecular complexity index is 873. The monoisotopic (exact) mass is 368 g/mol. The maximum Gasteiger partial charge on any atom is 0.328 e. The van der Waals surface area contributed by atoms with Crippen LogP contribution in [0, 0.1) is 0 Å². The molecular formula is C21H24N2O4. The number of fused-ring (bicyclic) bond motifs is 1. The smallest absolute Gasteiger partial charge is 0.328 e. The van der Waals surface area contributed by atoms with Crippen molar-refractivity contribution in [3.8, 4) is 0 Å². The van der Waals surface area contributed by atoms with Crippen molar-refractivity contribution < 1.29 is 19.4 Å². The summed E-state index contributed by atoms with van der Waals surface area (Å²) in [6.45, 7) is 4.68. The highest BCUT2D eigenvalue weighted by molar-refractivity contribution is 6.00. The van der Waals surface area contributed by atoms with E-state index < -0.39 is 17.7 Å². The van der Waals surface area contributed by atoms with Crippen molar-refractivity contribution in [3.63, 3.8) is 0 Å². The van der Waals surface area contributed by atoms with Gasteiger partial charge in [-0.2, -0.15) is 0 Å². The molecule has 0 aliphatic carbocycles. The van der Waals surface area contributed by atoms with Crippen LogP contribution in [0.2, 0.25) is 0 Å². The molecule has 2 heterocycles. The average Bonchev–Trinajstić information content (AvgIpc) is 3.06. The van der Waals surface area contributed by atoms with Gasteiger partial charge in [0, 0.05) is 31.5 Å². The van der Waals surface area contributed by atoms with E-state index in [1.807, 2.05) is 36.4 Å². The number of carboxylic acids is 1. The Labute approximate surface area is 158 Å². The molecule has 0 saturated carbocycles. The second-order valence-electron chi connectivity index (χ2n) is 7.28. The Kier molecular flexibility index (Phi) is 4.61. The highest BCUT2D eigenvalue weighted by Gasteiger charge is 2.53. The second kappa shape index (κ2) is 6.94. The number of hydrogen-bond acceptors (Lipinski definition) is 4. The van der Waals surface area contributed by atoms with Crippen molar-refractivity contribution in [3.05, 3.63) is 48.0 Å². The van der Waals surface area contributed by atoms with Gasteiger partial charge in [0.2, 0.25) is 0 Å². The molecule has 142 valence electrons. The molecule has 2 saturated heterocycles. The fraction of sp³-hybridized carbons (Fsp3) is 0.429. The van der Waals surface area contributed by atoms with Crippen LogP contribution in [-0.4, -0.2) is 64.8 Å². The van der Waals surface area contributed by atoms with Gasteiger partial charge in [-0.15, -0.1) is 0 Å². The third-order valence-corrected chi connectivity index (χ3v) is 5.85. The zero-order chi connectivity index (χ0) is 19.0. The summed E-state index contributed by atoms with van der Waals surface area (Å²) >= 11 is 0. The highest BCUT2D eigenvalue weighted by atomic mass is 16.5. The molecule has 1 spiro atoms. The molecule has 27 heavy (non-hydrogen) atoms. The summed E-state index contributed by atoms with van der Waals surface area (Å²) in [5.74, 6) is -1.28. The first-order valence-electron chi connectivity index (χ1n) is 9.46. The number of likely N-dealkylation sites (tertiary alicyclic amines) is 1. The number of ether oxygens (including phenoxy) is 1. The van der Waals surface area contributed by atoms with Gasteiger partial charge < -0.3 is 14.7 Å². The third kappa shape index (κ3) is 3.09. The summed E-state index contributed by atoms with van der Waals surface area (Å²) in [6, 6.07) is 12.4. The first kappa shape index (κ1) is 17.9. The van der Waals surface area contributed by atoms with Crippen LogP contribution in [0.3, 0.4) is 0 Å². The van der Waals surface area contributed by atoms with Crippen LogP contribution in [0.25, 0.3) is 10.8 Å². The summed E-state index contributed by atoms with van der Waals surface area (Å²) in [4.78, 5) is 29.0. The molecule has 6 heteroatoms. The third-order valence-electron chi connectivity index (χ3n) is 5.85. The number of carboxylic acid groups (broad SMARTS) is 1. The van der Waals surface area contributed by atoms with E-state index in [0.717, 1.165) is 30.4 Å². The first-order chi connectivity index (χ1) is 13.0. The number of benzene rings is 2. The van der Waals surface area contributed by atoms with Crippen LogP contribution in [0.5, 0.6) is 0 Å². The predicted octanol–water partition coefficient (Wildman–Crippen LogP) is 2.58. The average molecular weight is 368 g/mol. The normalized spacial score (nSPS) is 22.4. The quantitative estimate of drug-likeness (QED) is 0.902. The minimum atomic E-state index is -1.01. The van der Waals surface area contributed by atoms with E-state index in [-0.39, 0.29) is 12.5 Å². The highest BCUT2D eigenvalue weighted by Crippen LogP contribution is 2.38. The molecule has 1 N–H and O–H groups in total. The Balaban J connectivity index is 1.69. The molecule has 2 aliphatic heterocycles. The molecule has 0 unspecified atom stereocenters. The van der Waals surface area contributed by atoms with E-state index in [9.17, 15) is 14.7 Å². The van der Waals surface area contributed by atoms with E-state index in [0.29, 0.717) is 18.4 Å². The lowest BCUT2D eigenvalue weighted by Gasteiger charge is -2.44. The minimum Gasteiger partial charge on any atom is -0.480 e. The number of piperidine rings is 1. The Morgan fingerprint density at radius 1 is 1.15 bits per heavy atom. The molecule has 0 radical (unpaired) electrons. The summed E-state index contributed by atoms with van der Waals surface area (Å²) in [6.07, 6.45) is 1.26. The lowest BCUT2D eigenvalue weighted by Crippen LogP contribution is -2.58. The number of amides is 1. The van der Waals surface area contributed by atoms with E-state index in [1.165, 1.54) is 4.90 Å². The van der Waals surface area contributed by atoms with Gasteiger partial charge in [0.05, 0.1) is 6.61 Å². The lowest BCUT2D eigenvalue weighted by molar-refractivity contribution is -0.143. The van der Waals surface area contributed by atoms with Crippen LogP contribution in [0.15, 0.2) is 42.5 Å². The summed E-state index contributed by atoms with van der Waals surface area (Å²) in [7, 11) is 0. The van der Waals surface area contributed by atoms with Crippen LogP contribution in [0.4, 0.5) is 0 Å². The molecule has 2 aliphatic rings. The maximum atomic E-state index is 13.4. The van der Waals surface area contributed by atoms with Gasteiger partial charge in [-0.1, -0.05) is 37.3 Å². The van der Waals surface area contributed by atoms with Crippen molar-refractivity contribution >= 4 is 22.6 Å². The number of hydrogen-bond donors (Lipinski definition) is 1. The second-order valence-corrected chi connectivity index (χ2v) is 7.28. The van der Waals surface area contributed by atoms with Crippen LogP contribution >= 0.6 is 0 Å². The van der Waals surface area contributed by atoms with Gasteiger partial charge in [0.15, 0.2) is 6.04 Å². The van der Waals surface area contributed by atoms with E-state index in [1.54, 1.807) is 6.07 Å². The van der Waals surface area contributed by atoms with Crippen LogP contribution in [-0.2, 0) is 9.53 Å². The van der Waals surface area contributed by atoms with Gasteiger partial charge in [-0.3, -0.25) is 9.69 Å². The minimum absolute atomic E-state index is 0.0424. The largest absolute Gasteiger partial charge is 0.480 e. The molecule has 6 nitrogen and oxygen atoms in total. The molecular weight excluding hydrogens is 344 g/mol. The Hall–Kier alpha value is -2.44. The van der Waals surface area contributed by atoms with Crippen molar-refractivity contribution in [2.45, 2.75) is 31.5 Å². The number of aliphatic carboxylic acids is 1. The van der Waals surface area contributed by atoms with Gasteiger partial charge in [-0.25, -0.2) is 4.79 Å². The number of rotatable bonds is 3. The number of nitrogens with zero attached hydrogens (tertiary/aromatic N) is 2. The van der Waals surface area contributed by atoms with Gasteiger partial charge >= 0.3 is 5.97 Å². The number of carbonyl (C=O) groups is 2. The Morgan fingerprint density at radius 2 is 1.85 bits per heavy atom. The standard InChI is InChI=1S/C21H24N2O4/c1-2-22-11-9-21(10-12-22)23(18(14-27-21)20(25)26)19(24)17-8-7-15-5-3-4-6-16(15)13-17/h3-8,13,18H,2,9-12,14H2,1H3,(H,25,26)/t18-/m1/s1. The van der Waals surface area contributed by atoms with Crippen molar-refractivity contribution in [2.24, 2.45) is 0 Å². The van der Waals surface area contributed by atoms with Crippen molar-refractivity contribution in [2.75, 3.05) is 26.2 Å². The number of carbonyl (C=O) groups excluding carboxylic acids is 1.